The number of aromatic nitrogens is 2. The minimum atomic E-state index is 0.561. The molecule has 0 radical (unpaired) electrons. The molecule has 0 bridgehead atoms. The highest BCUT2D eigenvalue weighted by molar-refractivity contribution is 5.26. The number of benzene rings is 1. The summed E-state index contributed by atoms with van der Waals surface area (Å²) in [4.78, 5) is 0. The van der Waals surface area contributed by atoms with E-state index >= 15 is 0 Å². The summed E-state index contributed by atoms with van der Waals surface area (Å²) in [6.07, 6.45) is 5.29. The average Bonchev–Trinajstić information content (AvgIpc) is 2.88. The maximum absolute atomic E-state index is 4.26. The Morgan fingerprint density at radius 1 is 1.29 bits per heavy atom. The van der Waals surface area contributed by atoms with Gasteiger partial charge in [0.25, 0.3) is 0 Å². The molecule has 0 aliphatic carbocycles. The maximum atomic E-state index is 4.26. The molecule has 1 atom stereocenters. The molecule has 1 aromatic carbocycles. The summed E-state index contributed by atoms with van der Waals surface area (Å²) in [5.74, 6) is 0.561. The molecule has 0 saturated carbocycles. The normalized spacial score (nSPS) is 12.5. The van der Waals surface area contributed by atoms with Gasteiger partial charge in [-0.2, -0.15) is 5.10 Å². The second-order valence-electron chi connectivity index (χ2n) is 5.80. The highest BCUT2D eigenvalue weighted by Crippen LogP contribution is 2.22. The van der Waals surface area contributed by atoms with Gasteiger partial charge in [0.15, 0.2) is 0 Å². The molecule has 1 heterocycles. The number of aryl methyl sites for hydroxylation is 3. The number of hydrogen-bond acceptors (Lipinski definition) is 2. The van der Waals surface area contributed by atoms with Gasteiger partial charge in [-0.05, 0) is 50.3 Å². The average molecular weight is 285 g/mol. The van der Waals surface area contributed by atoms with E-state index in [1.165, 1.54) is 23.2 Å². The fourth-order valence-electron chi connectivity index (χ4n) is 2.73. The van der Waals surface area contributed by atoms with Crippen molar-refractivity contribution in [2.24, 2.45) is 7.05 Å². The summed E-state index contributed by atoms with van der Waals surface area (Å²) in [6.45, 7) is 6.52. The van der Waals surface area contributed by atoms with Crippen LogP contribution in [0, 0.1) is 6.92 Å². The van der Waals surface area contributed by atoms with Crippen molar-refractivity contribution in [3.05, 3.63) is 53.3 Å². The maximum Gasteiger partial charge on any atom is 0.0492 e. The summed E-state index contributed by atoms with van der Waals surface area (Å²) >= 11 is 0. The summed E-state index contributed by atoms with van der Waals surface area (Å²) in [7, 11) is 2.02. The third kappa shape index (κ3) is 4.71. The fourth-order valence-corrected chi connectivity index (χ4v) is 2.73. The number of hydrogen-bond donors (Lipinski definition) is 1. The van der Waals surface area contributed by atoms with Crippen LogP contribution >= 0.6 is 0 Å². The van der Waals surface area contributed by atoms with E-state index in [4.69, 9.17) is 0 Å². The molecule has 2 rings (SSSR count). The molecule has 21 heavy (non-hydrogen) atoms. The molecule has 1 unspecified atom stereocenters. The zero-order valence-corrected chi connectivity index (χ0v) is 13.5. The van der Waals surface area contributed by atoms with E-state index in [-0.39, 0.29) is 0 Å². The van der Waals surface area contributed by atoms with E-state index in [0.717, 1.165) is 25.9 Å². The van der Waals surface area contributed by atoms with Crippen LogP contribution in [-0.2, 0) is 13.5 Å². The van der Waals surface area contributed by atoms with E-state index in [9.17, 15) is 0 Å². The lowest BCUT2D eigenvalue weighted by atomic mass is 9.92. The minimum Gasteiger partial charge on any atom is -0.316 e. The van der Waals surface area contributed by atoms with Crippen LogP contribution in [0.25, 0.3) is 0 Å². The van der Waals surface area contributed by atoms with E-state index in [2.05, 4.69) is 54.6 Å². The van der Waals surface area contributed by atoms with Crippen molar-refractivity contribution in [1.82, 2.24) is 15.1 Å². The van der Waals surface area contributed by atoms with Crippen LogP contribution in [-0.4, -0.2) is 22.9 Å². The topological polar surface area (TPSA) is 29.9 Å². The van der Waals surface area contributed by atoms with Crippen molar-refractivity contribution in [2.75, 3.05) is 13.1 Å². The lowest BCUT2D eigenvalue weighted by Gasteiger charge is -2.19. The molecule has 1 N–H and O–H groups in total. The van der Waals surface area contributed by atoms with Crippen LogP contribution in [0.15, 0.2) is 36.5 Å². The first-order valence-corrected chi connectivity index (χ1v) is 7.95. The molecule has 2 aromatic rings. The Hall–Kier alpha value is -1.61. The molecule has 3 nitrogen and oxygen atoms in total. The second-order valence-corrected chi connectivity index (χ2v) is 5.80. The van der Waals surface area contributed by atoms with Crippen LogP contribution in [0.4, 0.5) is 0 Å². The molecule has 0 aliphatic rings. The number of rotatable bonds is 8. The Kier molecular flexibility index (Phi) is 6.00. The first-order chi connectivity index (χ1) is 10.2. The van der Waals surface area contributed by atoms with Crippen molar-refractivity contribution < 1.29 is 0 Å². The Bertz CT molecular complexity index is 545. The lowest BCUT2D eigenvalue weighted by molar-refractivity contribution is 0.538. The summed E-state index contributed by atoms with van der Waals surface area (Å²) in [6, 6.07) is 11.0. The summed E-state index contributed by atoms with van der Waals surface area (Å²) < 4.78 is 1.98. The first-order valence-electron chi connectivity index (χ1n) is 7.95. The van der Waals surface area contributed by atoms with Crippen LogP contribution in [0.2, 0.25) is 0 Å². The Morgan fingerprint density at radius 3 is 2.81 bits per heavy atom. The van der Waals surface area contributed by atoms with Gasteiger partial charge in [0.1, 0.15) is 0 Å². The Morgan fingerprint density at radius 2 is 2.14 bits per heavy atom. The number of nitrogens with zero attached hydrogens (tertiary/aromatic N) is 2. The molecule has 0 spiro atoms. The van der Waals surface area contributed by atoms with Crippen molar-refractivity contribution in [3.63, 3.8) is 0 Å². The smallest absolute Gasteiger partial charge is 0.0492 e. The van der Waals surface area contributed by atoms with Crippen molar-refractivity contribution >= 4 is 0 Å². The van der Waals surface area contributed by atoms with E-state index < -0.39 is 0 Å². The third-order valence-electron chi connectivity index (χ3n) is 4.00. The monoisotopic (exact) mass is 285 g/mol. The Balaban J connectivity index is 2.03. The van der Waals surface area contributed by atoms with Crippen molar-refractivity contribution in [2.45, 2.75) is 39.0 Å². The molecule has 3 heteroatoms. The second kappa shape index (κ2) is 7.99. The van der Waals surface area contributed by atoms with Crippen LogP contribution in [0.1, 0.15) is 42.5 Å². The largest absolute Gasteiger partial charge is 0.316 e. The molecule has 0 aliphatic heterocycles. The van der Waals surface area contributed by atoms with E-state index in [0.29, 0.717) is 5.92 Å². The molecule has 1 aromatic heterocycles. The van der Waals surface area contributed by atoms with E-state index in [1.807, 2.05) is 17.9 Å². The first kappa shape index (κ1) is 15.8. The highest BCUT2D eigenvalue weighted by Gasteiger charge is 2.12. The Labute approximate surface area is 128 Å². The van der Waals surface area contributed by atoms with Gasteiger partial charge < -0.3 is 5.32 Å². The zero-order valence-electron chi connectivity index (χ0n) is 13.5. The zero-order chi connectivity index (χ0) is 15.1. The predicted molar refractivity (Wildman–Crippen MR) is 88.6 cm³/mol. The van der Waals surface area contributed by atoms with Crippen molar-refractivity contribution in [1.29, 1.82) is 0 Å². The van der Waals surface area contributed by atoms with E-state index in [1.54, 1.807) is 0 Å². The molecule has 0 amide bonds. The van der Waals surface area contributed by atoms with Gasteiger partial charge >= 0.3 is 0 Å². The van der Waals surface area contributed by atoms with Gasteiger partial charge in [-0.15, -0.1) is 0 Å². The van der Waals surface area contributed by atoms with Gasteiger partial charge in [0.2, 0.25) is 0 Å². The SMILES string of the molecule is CCCNCC(CCc1ccnn1C)c1cccc(C)c1. The molecular formula is C18H27N3. The van der Waals surface area contributed by atoms with Crippen LogP contribution < -0.4 is 5.32 Å². The van der Waals surface area contributed by atoms with Gasteiger partial charge in [-0.3, -0.25) is 4.68 Å². The minimum absolute atomic E-state index is 0.561. The standard InChI is InChI=1S/C18H27N3/c1-4-11-19-14-17(16-7-5-6-15(2)13-16)8-9-18-10-12-20-21(18)3/h5-7,10,12-13,17,19H,4,8-9,11,14H2,1-3H3. The van der Waals surface area contributed by atoms with Gasteiger partial charge in [0, 0.05) is 25.5 Å². The van der Waals surface area contributed by atoms with Crippen molar-refractivity contribution in [3.8, 4) is 0 Å². The lowest BCUT2D eigenvalue weighted by Crippen LogP contribution is -2.23. The van der Waals surface area contributed by atoms with Gasteiger partial charge in [-0.1, -0.05) is 36.8 Å². The quantitative estimate of drug-likeness (QED) is 0.753. The fraction of sp³-hybridized carbons (Fsp3) is 0.500. The molecule has 0 fully saturated rings. The molecule has 0 saturated heterocycles. The molecule has 114 valence electrons. The van der Waals surface area contributed by atoms with Crippen LogP contribution in [0.3, 0.4) is 0 Å². The summed E-state index contributed by atoms with van der Waals surface area (Å²) in [5.41, 5.74) is 4.09. The van der Waals surface area contributed by atoms with Gasteiger partial charge in [0.05, 0.1) is 0 Å². The van der Waals surface area contributed by atoms with Gasteiger partial charge in [-0.25, -0.2) is 0 Å². The highest BCUT2D eigenvalue weighted by atomic mass is 15.2. The third-order valence-corrected chi connectivity index (χ3v) is 4.00. The number of nitrogens with one attached hydrogen (secondary N) is 1. The van der Waals surface area contributed by atoms with Crippen LogP contribution in [0.5, 0.6) is 0 Å². The predicted octanol–water partition coefficient (Wildman–Crippen LogP) is 3.44. The summed E-state index contributed by atoms with van der Waals surface area (Å²) in [5, 5.41) is 7.83. The molecular weight excluding hydrogens is 258 g/mol.